The van der Waals surface area contributed by atoms with Gasteiger partial charge in [0, 0.05) is 29.2 Å². The molecule has 0 atom stereocenters. The van der Waals surface area contributed by atoms with E-state index in [1.54, 1.807) is 12.1 Å². The molecule has 4 nitrogen and oxygen atoms in total. The van der Waals surface area contributed by atoms with Crippen molar-refractivity contribution < 1.29 is 27.4 Å². The zero-order valence-electron chi connectivity index (χ0n) is 15.0. The Morgan fingerprint density at radius 2 is 1.86 bits per heavy atom. The van der Waals surface area contributed by atoms with Gasteiger partial charge < -0.3 is 14.8 Å². The second kappa shape index (κ2) is 10.6. The molecule has 2 aromatic rings. The summed E-state index contributed by atoms with van der Waals surface area (Å²) in [6.07, 6.45) is -4.39. The van der Waals surface area contributed by atoms with E-state index in [1.165, 1.54) is 24.9 Å². The van der Waals surface area contributed by atoms with Crippen molar-refractivity contribution >= 4 is 35.0 Å². The predicted octanol–water partition coefficient (Wildman–Crippen LogP) is 5.50. The first-order valence-electron chi connectivity index (χ1n) is 8.31. The number of anilines is 1. The van der Waals surface area contributed by atoms with Crippen LogP contribution in [0, 0.1) is 0 Å². The molecule has 9 heteroatoms. The molecule has 0 bridgehead atoms. The summed E-state index contributed by atoms with van der Waals surface area (Å²) < 4.78 is 49.2. The van der Waals surface area contributed by atoms with Crippen molar-refractivity contribution in [2.75, 3.05) is 31.4 Å². The monoisotopic (exact) mass is 433 g/mol. The van der Waals surface area contributed by atoms with E-state index in [4.69, 9.17) is 21.1 Å². The minimum atomic E-state index is -4.52. The lowest BCUT2D eigenvalue weighted by molar-refractivity contribution is -0.137. The van der Waals surface area contributed by atoms with Crippen LogP contribution in [0.15, 0.2) is 47.4 Å². The van der Waals surface area contributed by atoms with Crippen molar-refractivity contribution in [1.29, 1.82) is 0 Å². The number of ether oxygens (including phenoxy) is 2. The highest BCUT2D eigenvalue weighted by Gasteiger charge is 2.31. The molecule has 0 spiro atoms. The van der Waals surface area contributed by atoms with E-state index in [0.717, 1.165) is 17.0 Å². The average Bonchev–Trinajstić information content (AvgIpc) is 2.64. The molecule has 0 saturated heterocycles. The number of carbonyl (C=O) groups is 1. The number of methoxy groups -OCH3 is 1. The minimum absolute atomic E-state index is 0.0209. The van der Waals surface area contributed by atoms with Crippen LogP contribution in [0.3, 0.4) is 0 Å². The number of thioether (sulfide) groups is 1. The molecule has 0 heterocycles. The van der Waals surface area contributed by atoms with E-state index in [9.17, 15) is 18.0 Å². The van der Waals surface area contributed by atoms with Crippen LogP contribution in [0.1, 0.15) is 12.0 Å². The van der Waals surface area contributed by atoms with Gasteiger partial charge in [-0.25, -0.2) is 0 Å². The van der Waals surface area contributed by atoms with Crippen molar-refractivity contribution in [2.45, 2.75) is 17.5 Å². The molecule has 0 aliphatic carbocycles. The standard InChI is InChI=1S/C19H19ClF3NO3S/c1-26-9-10-27-17-7-2-13(19(21,22)23)12-16(17)24-18(25)8-11-28-15-5-3-14(20)4-6-15/h2-7,12H,8-11H2,1H3,(H,24,25). The molecule has 0 aromatic heterocycles. The quantitative estimate of drug-likeness (QED) is 0.418. The Morgan fingerprint density at radius 1 is 1.14 bits per heavy atom. The lowest BCUT2D eigenvalue weighted by Gasteiger charge is -2.15. The van der Waals surface area contributed by atoms with Gasteiger partial charge in [-0.3, -0.25) is 4.79 Å². The van der Waals surface area contributed by atoms with Gasteiger partial charge in [-0.2, -0.15) is 13.2 Å². The second-order valence-corrected chi connectivity index (χ2v) is 7.26. The third kappa shape index (κ3) is 7.26. The first kappa shape index (κ1) is 22.4. The summed E-state index contributed by atoms with van der Waals surface area (Å²) in [6, 6.07) is 10.1. The van der Waals surface area contributed by atoms with Gasteiger partial charge in [-0.05, 0) is 42.5 Å². The molecule has 0 unspecified atom stereocenters. The van der Waals surface area contributed by atoms with E-state index < -0.39 is 17.6 Å². The molecular formula is C19H19ClF3NO3S. The Balaban J connectivity index is 2.00. The van der Waals surface area contributed by atoms with E-state index >= 15 is 0 Å². The van der Waals surface area contributed by atoms with Gasteiger partial charge in [0.05, 0.1) is 17.9 Å². The molecule has 1 N–H and O–H groups in total. The van der Waals surface area contributed by atoms with Gasteiger partial charge in [0.15, 0.2) is 0 Å². The first-order valence-corrected chi connectivity index (χ1v) is 9.67. The Labute approximate surface area is 170 Å². The van der Waals surface area contributed by atoms with Gasteiger partial charge >= 0.3 is 6.18 Å². The predicted molar refractivity (Wildman–Crippen MR) is 104 cm³/mol. The van der Waals surface area contributed by atoms with Crippen LogP contribution in [0.2, 0.25) is 5.02 Å². The van der Waals surface area contributed by atoms with E-state index in [-0.39, 0.29) is 31.1 Å². The number of nitrogens with one attached hydrogen (secondary N) is 1. The molecule has 1 amide bonds. The van der Waals surface area contributed by atoms with Crippen molar-refractivity contribution in [3.63, 3.8) is 0 Å². The van der Waals surface area contributed by atoms with Crippen LogP contribution in [-0.4, -0.2) is 32.0 Å². The third-order valence-corrected chi connectivity index (χ3v) is 4.80. The van der Waals surface area contributed by atoms with Crippen molar-refractivity contribution in [1.82, 2.24) is 0 Å². The highest BCUT2D eigenvalue weighted by atomic mass is 35.5. The van der Waals surface area contributed by atoms with Crippen LogP contribution in [0.5, 0.6) is 5.75 Å². The molecule has 28 heavy (non-hydrogen) atoms. The molecule has 2 rings (SSSR count). The number of rotatable bonds is 9. The SMILES string of the molecule is COCCOc1ccc(C(F)(F)F)cc1NC(=O)CCSc1ccc(Cl)cc1. The third-order valence-electron chi connectivity index (χ3n) is 3.54. The summed E-state index contributed by atoms with van der Waals surface area (Å²) in [6.45, 7) is 0.420. The molecule has 0 aliphatic rings. The summed E-state index contributed by atoms with van der Waals surface area (Å²) in [5, 5.41) is 3.12. The fraction of sp³-hybridized carbons (Fsp3) is 0.316. The normalized spacial score (nSPS) is 11.3. The van der Waals surface area contributed by atoms with Crippen molar-refractivity contribution in [2.24, 2.45) is 0 Å². The number of benzene rings is 2. The molecule has 152 valence electrons. The largest absolute Gasteiger partial charge is 0.489 e. The Hall–Kier alpha value is -1.90. The maximum atomic E-state index is 13.0. The molecule has 2 aromatic carbocycles. The van der Waals surface area contributed by atoms with E-state index in [1.807, 2.05) is 12.1 Å². The van der Waals surface area contributed by atoms with Gasteiger partial charge in [0.1, 0.15) is 12.4 Å². The Bertz CT molecular complexity index is 785. The maximum Gasteiger partial charge on any atom is 0.416 e. The maximum absolute atomic E-state index is 13.0. The zero-order valence-corrected chi connectivity index (χ0v) is 16.6. The Morgan fingerprint density at radius 3 is 2.50 bits per heavy atom. The van der Waals surface area contributed by atoms with Crippen LogP contribution in [-0.2, 0) is 15.7 Å². The lowest BCUT2D eigenvalue weighted by atomic mass is 10.1. The van der Waals surface area contributed by atoms with Gasteiger partial charge in [0.25, 0.3) is 0 Å². The fourth-order valence-corrected chi connectivity index (χ4v) is 3.15. The van der Waals surface area contributed by atoms with Gasteiger partial charge in [-0.1, -0.05) is 11.6 Å². The summed E-state index contributed by atoms with van der Waals surface area (Å²) >= 11 is 7.27. The van der Waals surface area contributed by atoms with E-state index in [2.05, 4.69) is 5.32 Å². The number of hydrogen-bond donors (Lipinski definition) is 1. The fourth-order valence-electron chi connectivity index (χ4n) is 2.17. The molecule has 0 aliphatic heterocycles. The lowest BCUT2D eigenvalue weighted by Crippen LogP contribution is -2.15. The van der Waals surface area contributed by atoms with E-state index in [0.29, 0.717) is 10.8 Å². The smallest absolute Gasteiger partial charge is 0.416 e. The zero-order chi connectivity index (χ0) is 20.6. The van der Waals surface area contributed by atoms with Gasteiger partial charge in [0.2, 0.25) is 5.91 Å². The molecular weight excluding hydrogens is 415 g/mol. The Kier molecular flexibility index (Phi) is 8.47. The average molecular weight is 434 g/mol. The van der Waals surface area contributed by atoms with Crippen molar-refractivity contribution in [3.05, 3.63) is 53.1 Å². The summed E-state index contributed by atoms with van der Waals surface area (Å²) in [5.74, 6) is 0.216. The van der Waals surface area contributed by atoms with Crippen molar-refractivity contribution in [3.8, 4) is 5.75 Å². The number of carbonyl (C=O) groups excluding carboxylic acids is 1. The summed E-state index contributed by atoms with van der Waals surface area (Å²) in [4.78, 5) is 13.1. The topological polar surface area (TPSA) is 47.6 Å². The highest BCUT2D eigenvalue weighted by Crippen LogP contribution is 2.35. The number of halogens is 4. The first-order chi connectivity index (χ1) is 13.3. The second-order valence-electron chi connectivity index (χ2n) is 5.65. The molecule has 0 saturated carbocycles. The minimum Gasteiger partial charge on any atom is -0.489 e. The van der Waals surface area contributed by atoms with Crippen LogP contribution in [0.4, 0.5) is 18.9 Å². The molecule has 0 fully saturated rings. The summed E-state index contributed by atoms with van der Waals surface area (Å²) in [5.41, 5.74) is -0.884. The number of alkyl halides is 3. The number of amides is 1. The van der Waals surface area contributed by atoms with Gasteiger partial charge in [-0.15, -0.1) is 11.8 Å². The number of hydrogen-bond acceptors (Lipinski definition) is 4. The van der Waals surface area contributed by atoms with Crippen LogP contribution >= 0.6 is 23.4 Å². The van der Waals surface area contributed by atoms with Crippen LogP contribution in [0.25, 0.3) is 0 Å². The highest BCUT2D eigenvalue weighted by molar-refractivity contribution is 7.99. The van der Waals surface area contributed by atoms with Crippen LogP contribution < -0.4 is 10.1 Å². The summed E-state index contributed by atoms with van der Waals surface area (Å²) in [7, 11) is 1.48. The molecule has 0 radical (unpaired) electrons.